The Balaban J connectivity index is 2.02. The fraction of sp³-hybridized carbons (Fsp3) is 0.300. The first-order valence-electron chi connectivity index (χ1n) is 8.44. The van der Waals surface area contributed by atoms with Gasteiger partial charge in [-0.05, 0) is 48.2 Å². The smallest absolute Gasteiger partial charge is 0.407 e. The van der Waals surface area contributed by atoms with Crippen LogP contribution >= 0.6 is 0 Å². The zero-order valence-electron chi connectivity index (χ0n) is 14.0. The van der Waals surface area contributed by atoms with E-state index in [4.69, 9.17) is 5.26 Å². The average Bonchev–Trinajstić information content (AvgIpc) is 3.13. The molecule has 0 aromatic heterocycles. The second-order valence-corrected chi connectivity index (χ2v) is 6.44. The molecular formula is C20H19FN2O3. The molecule has 2 aromatic rings. The Morgan fingerprint density at radius 3 is 2.58 bits per heavy atom. The van der Waals surface area contributed by atoms with Gasteiger partial charge in [0.05, 0.1) is 23.8 Å². The summed E-state index contributed by atoms with van der Waals surface area (Å²) in [5.41, 5.74) is 1.76. The molecule has 5 nitrogen and oxygen atoms in total. The molecule has 26 heavy (non-hydrogen) atoms. The average molecular weight is 354 g/mol. The molecule has 3 rings (SSSR count). The van der Waals surface area contributed by atoms with Crippen LogP contribution in [0.5, 0.6) is 0 Å². The van der Waals surface area contributed by atoms with E-state index in [-0.39, 0.29) is 0 Å². The highest BCUT2D eigenvalue weighted by molar-refractivity contribution is 5.66. The molecule has 6 heteroatoms. The predicted molar refractivity (Wildman–Crippen MR) is 93.2 cm³/mol. The Hall–Kier alpha value is -2.91. The monoisotopic (exact) mass is 354 g/mol. The molecule has 1 amide bonds. The Bertz CT molecular complexity index is 832. The molecule has 3 atom stereocenters. The molecule has 1 aliphatic rings. The Labute approximate surface area is 150 Å². The summed E-state index contributed by atoms with van der Waals surface area (Å²) in [5, 5.41) is 29.4. The topological polar surface area (TPSA) is 84.6 Å². The first-order valence-corrected chi connectivity index (χ1v) is 8.44. The number of hydrogen-bond donors (Lipinski definition) is 2. The van der Waals surface area contributed by atoms with Gasteiger partial charge >= 0.3 is 6.09 Å². The molecule has 0 aliphatic carbocycles. The van der Waals surface area contributed by atoms with Gasteiger partial charge in [-0.1, -0.05) is 24.3 Å². The van der Waals surface area contributed by atoms with E-state index in [0.29, 0.717) is 36.1 Å². The van der Waals surface area contributed by atoms with E-state index in [1.807, 2.05) is 6.07 Å². The van der Waals surface area contributed by atoms with Crippen molar-refractivity contribution in [1.82, 2.24) is 4.90 Å². The number of carbonyl (C=O) groups is 1. The van der Waals surface area contributed by atoms with Crippen molar-refractivity contribution in [2.45, 2.75) is 30.9 Å². The number of benzene rings is 2. The molecule has 1 heterocycles. The highest BCUT2D eigenvalue weighted by atomic mass is 19.1. The third kappa shape index (κ3) is 3.53. The normalized spacial score (nSPS) is 19.0. The van der Waals surface area contributed by atoms with E-state index in [0.717, 1.165) is 0 Å². The van der Waals surface area contributed by atoms with Crippen LogP contribution in [-0.2, 0) is 0 Å². The minimum Gasteiger partial charge on any atom is -0.465 e. The van der Waals surface area contributed by atoms with Crippen LogP contribution in [0.2, 0.25) is 0 Å². The zero-order chi connectivity index (χ0) is 18.7. The molecule has 1 fully saturated rings. The van der Waals surface area contributed by atoms with Crippen molar-refractivity contribution >= 4 is 6.09 Å². The standard InChI is InChI=1S/C20H19FN2O3/c21-16-4-1-3-15(11-16)18(14-8-6-13(12-22)7-9-14)19(24)17-5-2-10-23(17)20(25)26/h1,3-4,6-9,11,17-19,24H,2,5,10H2,(H,25,26)/t17?,18-,19+/m1/s1. The summed E-state index contributed by atoms with van der Waals surface area (Å²) in [6, 6.07) is 14.2. The maximum absolute atomic E-state index is 13.8. The molecule has 1 aliphatic heterocycles. The second-order valence-electron chi connectivity index (χ2n) is 6.44. The summed E-state index contributed by atoms with van der Waals surface area (Å²) >= 11 is 0. The van der Waals surface area contributed by atoms with Crippen LogP contribution in [0.4, 0.5) is 9.18 Å². The largest absolute Gasteiger partial charge is 0.465 e. The van der Waals surface area contributed by atoms with Gasteiger partial charge in [-0.15, -0.1) is 0 Å². The van der Waals surface area contributed by atoms with Crippen LogP contribution in [0.3, 0.4) is 0 Å². The summed E-state index contributed by atoms with van der Waals surface area (Å²) in [4.78, 5) is 12.7. The van der Waals surface area contributed by atoms with E-state index in [9.17, 15) is 19.4 Å². The highest BCUT2D eigenvalue weighted by Gasteiger charge is 2.39. The maximum atomic E-state index is 13.8. The number of amides is 1. The lowest BCUT2D eigenvalue weighted by atomic mass is 9.82. The van der Waals surface area contributed by atoms with Crippen LogP contribution in [0.25, 0.3) is 0 Å². The molecule has 0 radical (unpaired) electrons. The quantitative estimate of drug-likeness (QED) is 0.882. The van der Waals surface area contributed by atoms with Crippen molar-refractivity contribution in [2.75, 3.05) is 6.54 Å². The molecule has 134 valence electrons. The fourth-order valence-corrected chi connectivity index (χ4v) is 3.66. The van der Waals surface area contributed by atoms with Crippen molar-refractivity contribution in [3.05, 3.63) is 71.0 Å². The molecule has 0 saturated carbocycles. The Kier molecular flexibility index (Phi) is 5.19. The summed E-state index contributed by atoms with van der Waals surface area (Å²) in [6.45, 7) is 0.375. The maximum Gasteiger partial charge on any atom is 0.407 e. The molecule has 0 spiro atoms. The Morgan fingerprint density at radius 2 is 1.96 bits per heavy atom. The molecule has 2 aromatic carbocycles. The molecular weight excluding hydrogens is 335 g/mol. The first kappa shape index (κ1) is 17.9. The first-order chi connectivity index (χ1) is 12.5. The molecule has 2 N–H and O–H groups in total. The lowest BCUT2D eigenvalue weighted by Crippen LogP contribution is -2.44. The van der Waals surface area contributed by atoms with Gasteiger partial charge in [-0.3, -0.25) is 0 Å². The third-order valence-corrected chi connectivity index (χ3v) is 4.89. The number of likely N-dealkylation sites (tertiary alicyclic amines) is 1. The zero-order valence-corrected chi connectivity index (χ0v) is 14.0. The van der Waals surface area contributed by atoms with E-state index >= 15 is 0 Å². The van der Waals surface area contributed by atoms with E-state index in [1.165, 1.54) is 17.0 Å². The summed E-state index contributed by atoms with van der Waals surface area (Å²) < 4.78 is 13.8. The summed E-state index contributed by atoms with van der Waals surface area (Å²) in [6.07, 6.45) is -0.861. The number of aliphatic hydroxyl groups excluding tert-OH is 1. The molecule has 0 bridgehead atoms. The van der Waals surface area contributed by atoms with Gasteiger partial charge < -0.3 is 15.1 Å². The van der Waals surface area contributed by atoms with Crippen molar-refractivity contribution in [1.29, 1.82) is 5.26 Å². The SMILES string of the molecule is N#Cc1ccc([C@H](c2cccc(F)c2)[C@@H](O)C2CCCN2C(=O)O)cc1. The number of nitrogens with zero attached hydrogens (tertiary/aromatic N) is 2. The van der Waals surface area contributed by atoms with E-state index in [2.05, 4.69) is 0 Å². The number of nitriles is 1. The van der Waals surface area contributed by atoms with Crippen LogP contribution in [0.15, 0.2) is 48.5 Å². The van der Waals surface area contributed by atoms with E-state index in [1.54, 1.807) is 36.4 Å². The van der Waals surface area contributed by atoms with Crippen molar-refractivity contribution in [3.8, 4) is 6.07 Å². The van der Waals surface area contributed by atoms with Gasteiger partial charge in [-0.25, -0.2) is 9.18 Å². The Morgan fingerprint density at radius 1 is 1.23 bits per heavy atom. The lowest BCUT2D eigenvalue weighted by molar-refractivity contribution is 0.0582. The highest BCUT2D eigenvalue weighted by Crippen LogP contribution is 2.34. The van der Waals surface area contributed by atoms with Crippen LogP contribution in [-0.4, -0.2) is 39.9 Å². The number of hydrogen-bond acceptors (Lipinski definition) is 3. The minimum atomic E-state index is -1.07. The van der Waals surface area contributed by atoms with Gasteiger partial charge in [0.25, 0.3) is 0 Å². The number of aliphatic hydroxyl groups is 1. The van der Waals surface area contributed by atoms with E-state index < -0.39 is 30.0 Å². The van der Waals surface area contributed by atoms with Crippen molar-refractivity contribution < 1.29 is 19.4 Å². The second kappa shape index (κ2) is 7.54. The van der Waals surface area contributed by atoms with Crippen LogP contribution in [0.1, 0.15) is 35.4 Å². The van der Waals surface area contributed by atoms with Gasteiger partial charge in [0.1, 0.15) is 5.82 Å². The number of halogens is 1. The number of carboxylic acid groups (broad SMARTS) is 1. The van der Waals surface area contributed by atoms with Gasteiger partial charge in [0.2, 0.25) is 0 Å². The third-order valence-electron chi connectivity index (χ3n) is 4.89. The minimum absolute atomic E-state index is 0.375. The summed E-state index contributed by atoms with van der Waals surface area (Å²) in [5.74, 6) is -1.02. The van der Waals surface area contributed by atoms with Gasteiger partial charge in [0, 0.05) is 12.5 Å². The molecule has 1 saturated heterocycles. The molecule has 1 unspecified atom stereocenters. The summed E-state index contributed by atoms with van der Waals surface area (Å²) in [7, 11) is 0. The predicted octanol–water partition coefficient (Wildman–Crippen LogP) is 3.33. The van der Waals surface area contributed by atoms with Gasteiger partial charge in [0.15, 0.2) is 0 Å². The number of rotatable bonds is 4. The van der Waals surface area contributed by atoms with Crippen LogP contribution in [0, 0.1) is 17.1 Å². The van der Waals surface area contributed by atoms with Gasteiger partial charge in [-0.2, -0.15) is 5.26 Å². The van der Waals surface area contributed by atoms with Crippen molar-refractivity contribution in [2.24, 2.45) is 0 Å². The lowest BCUT2D eigenvalue weighted by Gasteiger charge is -2.32. The van der Waals surface area contributed by atoms with Crippen molar-refractivity contribution in [3.63, 3.8) is 0 Å². The van der Waals surface area contributed by atoms with Crippen LogP contribution < -0.4 is 0 Å². The fourth-order valence-electron chi connectivity index (χ4n) is 3.66.